The van der Waals surface area contributed by atoms with E-state index in [9.17, 15) is 4.39 Å². The first-order valence-electron chi connectivity index (χ1n) is 8.51. The highest BCUT2D eigenvalue weighted by Gasteiger charge is 2.20. The SMILES string of the molecule is CN(C)c1ncnc2ccc(N3CCN(c4ncc(F)cn4)CC3)cc12. The fourth-order valence-corrected chi connectivity index (χ4v) is 3.22. The van der Waals surface area contributed by atoms with E-state index in [0.717, 1.165) is 48.6 Å². The van der Waals surface area contributed by atoms with Crippen LogP contribution in [0.4, 0.5) is 21.8 Å². The van der Waals surface area contributed by atoms with Crippen molar-refractivity contribution in [2.45, 2.75) is 0 Å². The van der Waals surface area contributed by atoms with Crippen LogP contribution < -0.4 is 14.7 Å². The summed E-state index contributed by atoms with van der Waals surface area (Å²) < 4.78 is 13.0. The first-order valence-corrected chi connectivity index (χ1v) is 8.51. The van der Waals surface area contributed by atoms with Crippen molar-refractivity contribution < 1.29 is 4.39 Å². The molecular weight excluding hydrogens is 333 g/mol. The van der Waals surface area contributed by atoms with Crippen LogP contribution in [0, 0.1) is 5.82 Å². The lowest BCUT2D eigenvalue weighted by molar-refractivity contribution is 0.602. The van der Waals surface area contributed by atoms with Crippen LogP contribution in [0.5, 0.6) is 0 Å². The minimum atomic E-state index is -0.414. The third-order valence-corrected chi connectivity index (χ3v) is 4.56. The molecule has 3 heterocycles. The number of rotatable bonds is 3. The minimum Gasteiger partial charge on any atom is -0.368 e. The van der Waals surface area contributed by atoms with Crippen molar-refractivity contribution >= 4 is 28.4 Å². The van der Waals surface area contributed by atoms with E-state index in [-0.39, 0.29) is 0 Å². The molecule has 0 aliphatic carbocycles. The maximum atomic E-state index is 13.0. The lowest BCUT2D eigenvalue weighted by atomic mass is 10.1. The van der Waals surface area contributed by atoms with E-state index in [1.165, 1.54) is 12.4 Å². The standard InChI is InChI=1S/C18H20FN7/c1-24(2)17-15-9-14(3-4-16(15)22-12-23-17)25-5-7-26(8-6-25)18-20-10-13(19)11-21-18/h3-4,9-12H,5-8H2,1-2H3. The molecule has 0 atom stereocenters. The van der Waals surface area contributed by atoms with Gasteiger partial charge in [-0.3, -0.25) is 0 Å². The Kier molecular flexibility index (Phi) is 4.24. The van der Waals surface area contributed by atoms with E-state index >= 15 is 0 Å². The zero-order valence-electron chi connectivity index (χ0n) is 14.8. The average molecular weight is 353 g/mol. The first kappa shape index (κ1) is 16.4. The van der Waals surface area contributed by atoms with Crippen molar-refractivity contribution in [2.24, 2.45) is 0 Å². The summed E-state index contributed by atoms with van der Waals surface area (Å²) in [4.78, 5) is 23.3. The molecule has 4 rings (SSSR count). The fraction of sp³-hybridized carbons (Fsp3) is 0.333. The second-order valence-electron chi connectivity index (χ2n) is 6.47. The highest BCUT2D eigenvalue weighted by Crippen LogP contribution is 2.27. The number of piperazine rings is 1. The van der Waals surface area contributed by atoms with Gasteiger partial charge in [0, 0.05) is 51.3 Å². The number of halogens is 1. The molecule has 1 aliphatic rings. The first-order chi connectivity index (χ1) is 12.6. The minimum absolute atomic E-state index is 0.414. The van der Waals surface area contributed by atoms with Gasteiger partial charge in [-0.05, 0) is 18.2 Å². The Morgan fingerprint density at radius 1 is 0.923 bits per heavy atom. The summed E-state index contributed by atoms with van der Waals surface area (Å²) in [5, 5.41) is 1.04. The van der Waals surface area contributed by atoms with Gasteiger partial charge in [0.15, 0.2) is 5.82 Å². The van der Waals surface area contributed by atoms with Gasteiger partial charge in [0.05, 0.1) is 17.9 Å². The predicted molar refractivity (Wildman–Crippen MR) is 100 cm³/mol. The smallest absolute Gasteiger partial charge is 0.225 e. The van der Waals surface area contributed by atoms with Crippen LogP contribution in [-0.2, 0) is 0 Å². The van der Waals surface area contributed by atoms with Gasteiger partial charge in [-0.2, -0.15) is 0 Å². The predicted octanol–water partition coefficient (Wildman–Crippen LogP) is 1.95. The zero-order chi connectivity index (χ0) is 18.1. The topological polar surface area (TPSA) is 61.3 Å². The molecule has 3 aromatic rings. The second kappa shape index (κ2) is 6.70. The molecule has 0 bridgehead atoms. The summed E-state index contributed by atoms with van der Waals surface area (Å²) in [6.45, 7) is 3.26. The van der Waals surface area contributed by atoms with Gasteiger partial charge in [0.2, 0.25) is 5.95 Å². The zero-order valence-corrected chi connectivity index (χ0v) is 14.8. The van der Waals surface area contributed by atoms with Gasteiger partial charge < -0.3 is 14.7 Å². The lowest BCUT2D eigenvalue weighted by Gasteiger charge is -2.36. The molecule has 1 saturated heterocycles. The fourth-order valence-electron chi connectivity index (χ4n) is 3.22. The van der Waals surface area contributed by atoms with Gasteiger partial charge >= 0.3 is 0 Å². The molecule has 2 aromatic heterocycles. The van der Waals surface area contributed by atoms with Gasteiger partial charge in [0.1, 0.15) is 12.1 Å². The summed E-state index contributed by atoms with van der Waals surface area (Å²) in [5.74, 6) is 1.07. The highest BCUT2D eigenvalue weighted by molar-refractivity contribution is 5.91. The summed E-state index contributed by atoms with van der Waals surface area (Å²) in [7, 11) is 3.96. The van der Waals surface area contributed by atoms with E-state index in [0.29, 0.717) is 5.95 Å². The molecule has 1 aromatic carbocycles. The normalized spacial score (nSPS) is 14.7. The molecule has 0 radical (unpaired) electrons. The van der Waals surface area contributed by atoms with Crippen molar-refractivity contribution in [3.05, 3.63) is 42.7 Å². The Morgan fingerprint density at radius 2 is 1.62 bits per heavy atom. The summed E-state index contributed by atoms with van der Waals surface area (Å²) >= 11 is 0. The van der Waals surface area contributed by atoms with Crippen molar-refractivity contribution in [3.8, 4) is 0 Å². The second-order valence-corrected chi connectivity index (χ2v) is 6.47. The summed E-state index contributed by atoms with van der Waals surface area (Å²) in [6.07, 6.45) is 4.01. The molecule has 134 valence electrons. The number of fused-ring (bicyclic) bond motifs is 1. The lowest BCUT2D eigenvalue weighted by Crippen LogP contribution is -2.47. The highest BCUT2D eigenvalue weighted by atomic mass is 19.1. The molecule has 1 fully saturated rings. The largest absolute Gasteiger partial charge is 0.368 e. The number of nitrogens with zero attached hydrogens (tertiary/aromatic N) is 7. The average Bonchev–Trinajstić information content (AvgIpc) is 2.68. The summed E-state index contributed by atoms with van der Waals surface area (Å²) in [5.41, 5.74) is 2.08. The van der Waals surface area contributed by atoms with Crippen LogP contribution in [-0.4, -0.2) is 60.2 Å². The van der Waals surface area contributed by atoms with Crippen LogP contribution in [0.2, 0.25) is 0 Å². The van der Waals surface area contributed by atoms with Gasteiger partial charge in [-0.1, -0.05) is 0 Å². The molecular formula is C18H20FN7. The number of aromatic nitrogens is 4. The van der Waals surface area contributed by atoms with Crippen LogP contribution in [0.25, 0.3) is 10.9 Å². The number of hydrogen-bond donors (Lipinski definition) is 0. The Labute approximate surface area is 151 Å². The molecule has 0 N–H and O–H groups in total. The quantitative estimate of drug-likeness (QED) is 0.713. The van der Waals surface area contributed by atoms with Crippen molar-refractivity contribution in [3.63, 3.8) is 0 Å². The Morgan fingerprint density at radius 3 is 2.31 bits per heavy atom. The number of hydrogen-bond acceptors (Lipinski definition) is 7. The molecule has 7 nitrogen and oxygen atoms in total. The molecule has 0 amide bonds. The Hall–Kier alpha value is -3.03. The molecule has 0 saturated carbocycles. The van der Waals surface area contributed by atoms with Crippen LogP contribution in [0.1, 0.15) is 0 Å². The number of benzene rings is 1. The van der Waals surface area contributed by atoms with E-state index in [1.54, 1.807) is 6.33 Å². The van der Waals surface area contributed by atoms with Crippen LogP contribution in [0.15, 0.2) is 36.9 Å². The monoisotopic (exact) mass is 353 g/mol. The van der Waals surface area contributed by atoms with Gasteiger partial charge in [0.25, 0.3) is 0 Å². The van der Waals surface area contributed by atoms with Gasteiger partial charge in [-0.25, -0.2) is 24.3 Å². The molecule has 8 heteroatoms. The molecule has 0 unspecified atom stereocenters. The third kappa shape index (κ3) is 3.10. The molecule has 26 heavy (non-hydrogen) atoms. The molecule has 0 spiro atoms. The van der Waals surface area contributed by atoms with Crippen LogP contribution >= 0.6 is 0 Å². The maximum Gasteiger partial charge on any atom is 0.225 e. The third-order valence-electron chi connectivity index (χ3n) is 4.56. The van der Waals surface area contributed by atoms with Crippen molar-refractivity contribution in [2.75, 3.05) is 55.0 Å². The Bertz CT molecular complexity index is 905. The van der Waals surface area contributed by atoms with Crippen molar-refractivity contribution in [1.82, 2.24) is 19.9 Å². The summed E-state index contributed by atoms with van der Waals surface area (Å²) in [6, 6.07) is 6.28. The van der Waals surface area contributed by atoms with Crippen LogP contribution in [0.3, 0.4) is 0 Å². The van der Waals surface area contributed by atoms with E-state index in [2.05, 4.69) is 41.9 Å². The van der Waals surface area contributed by atoms with Crippen molar-refractivity contribution in [1.29, 1.82) is 0 Å². The van der Waals surface area contributed by atoms with E-state index in [4.69, 9.17) is 0 Å². The van der Waals surface area contributed by atoms with Gasteiger partial charge in [-0.15, -0.1) is 0 Å². The van der Waals surface area contributed by atoms with E-state index in [1.807, 2.05) is 25.1 Å². The molecule has 1 aliphatic heterocycles. The number of anilines is 3. The Balaban J connectivity index is 1.54. The maximum absolute atomic E-state index is 13.0. The van der Waals surface area contributed by atoms with E-state index < -0.39 is 5.82 Å².